The lowest BCUT2D eigenvalue weighted by molar-refractivity contribution is -0.130. The van der Waals surface area contributed by atoms with Crippen molar-refractivity contribution < 1.29 is 14.4 Å². The van der Waals surface area contributed by atoms with Crippen LogP contribution in [-0.4, -0.2) is 40.3 Å². The largest absolute Gasteiger partial charge is 0.361 e. The van der Waals surface area contributed by atoms with Gasteiger partial charge < -0.3 is 15.6 Å². The number of aromatic nitrogens is 1. The Labute approximate surface area is 172 Å². The zero-order valence-electron chi connectivity index (χ0n) is 15.7. The highest BCUT2D eigenvalue weighted by atomic mass is 35.5. The van der Waals surface area contributed by atoms with Crippen LogP contribution in [0.3, 0.4) is 0 Å². The van der Waals surface area contributed by atoms with Gasteiger partial charge in [0, 0.05) is 34.2 Å². The van der Waals surface area contributed by atoms with Crippen molar-refractivity contribution in [1.29, 1.82) is 0 Å². The van der Waals surface area contributed by atoms with Crippen LogP contribution in [0.15, 0.2) is 48.7 Å². The van der Waals surface area contributed by atoms with Crippen molar-refractivity contribution >= 4 is 46.0 Å². The summed E-state index contributed by atoms with van der Waals surface area (Å²) in [6.07, 6.45) is 2.18. The first-order chi connectivity index (χ1) is 13.9. The molecule has 3 N–H and O–H groups in total. The first kappa shape index (κ1) is 19.0. The number of H-pyrrole nitrogens is 1. The zero-order chi connectivity index (χ0) is 20.5. The SMILES string of the molecule is Cc1ccc(Cl)cc1NC(=O)CN1C(=O)NC(Cc2c[nH]c3ccccc23)C1=O. The molecule has 1 aliphatic heterocycles. The summed E-state index contributed by atoms with van der Waals surface area (Å²) in [6, 6.07) is 11.6. The molecule has 0 radical (unpaired) electrons. The molecule has 7 nitrogen and oxygen atoms in total. The van der Waals surface area contributed by atoms with E-state index >= 15 is 0 Å². The fourth-order valence-corrected chi connectivity index (χ4v) is 3.62. The lowest BCUT2D eigenvalue weighted by Gasteiger charge is -2.14. The molecule has 2 aromatic carbocycles. The summed E-state index contributed by atoms with van der Waals surface area (Å²) in [5, 5.41) is 6.86. The number of para-hydroxylation sites is 1. The molecule has 1 atom stereocenters. The van der Waals surface area contributed by atoms with Crippen molar-refractivity contribution in [1.82, 2.24) is 15.2 Å². The van der Waals surface area contributed by atoms with Crippen LogP contribution in [0.5, 0.6) is 0 Å². The minimum atomic E-state index is -0.706. The average molecular weight is 411 g/mol. The van der Waals surface area contributed by atoms with E-state index in [1.54, 1.807) is 18.2 Å². The van der Waals surface area contributed by atoms with Crippen molar-refractivity contribution in [2.75, 3.05) is 11.9 Å². The second-order valence-electron chi connectivity index (χ2n) is 7.00. The number of rotatable bonds is 5. The predicted octanol–water partition coefficient (Wildman–Crippen LogP) is 3.23. The lowest BCUT2D eigenvalue weighted by atomic mass is 10.1. The van der Waals surface area contributed by atoms with Gasteiger partial charge in [0.25, 0.3) is 5.91 Å². The van der Waals surface area contributed by atoms with Crippen LogP contribution >= 0.6 is 11.6 Å². The molecule has 4 rings (SSSR count). The van der Waals surface area contributed by atoms with Crippen molar-refractivity contribution in [2.24, 2.45) is 0 Å². The number of carbonyl (C=O) groups excluding carboxylic acids is 3. The molecule has 0 bridgehead atoms. The number of urea groups is 1. The van der Waals surface area contributed by atoms with E-state index in [2.05, 4.69) is 15.6 Å². The third-order valence-corrected chi connectivity index (χ3v) is 5.22. The first-order valence-corrected chi connectivity index (χ1v) is 9.53. The lowest BCUT2D eigenvalue weighted by Crippen LogP contribution is -2.38. The highest BCUT2D eigenvalue weighted by Crippen LogP contribution is 2.22. The Bertz CT molecular complexity index is 1120. The molecule has 4 amide bonds. The van der Waals surface area contributed by atoms with Crippen LogP contribution in [-0.2, 0) is 16.0 Å². The molecule has 1 aromatic heterocycles. The Hall–Kier alpha value is -3.32. The summed E-state index contributed by atoms with van der Waals surface area (Å²) in [6.45, 7) is 1.47. The van der Waals surface area contributed by atoms with E-state index in [9.17, 15) is 14.4 Å². The molecule has 1 fully saturated rings. The molecule has 29 heavy (non-hydrogen) atoms. The van der Waals surface area contributed by atoms with E-state index in [1.807, 2.05) is 37.4 Å². The van der Waals surface area contributed by atoms with Crippen LogP contribution in [0.25, 0.3) is 10.9 Å². The van der Waals surface area contributed by atoms with Crippen LogP contribution in [0.4, 0.5) is 10.5 Å². The maximum atomic E-state index is 12.7. The van der Waals surface area contributed by atoms with Gasteiger partial charge in [-0.3, -0.25) is 14.5 Å². The molecule has 1 saturated heterocycles. The van der Waals surface area contributed by atoms with Gasteiger partial charge in [0.1, 0.15) is 12.6 Å². The predicted molar refractivity (Wildman–Crippen MR) is 111 cm³/mol. The number of carbonyl (C=O) groups is 3. The number of aromatic amines is 1. The number of hydrogen-bond donors (Lipinski definition) is 3. The van der Waals surface area contributed by atoms with Gasteiger partial charge in [0.2, 0.25) is 5.91 Å². The number of nitrogens with one attached hydrogen (secondary N) is 3. The number of nitrogens with zero attached hydrogens (tertiary/aromatic N) is 1. The molecule has 2 heterocycles. The molecular weight excluding hydrogens is 392 g/mol. The minimum absolute atomic E-state index is 0.347. The molecule has 0 spiro atoms. The van der Waals surface area contributed by atoms with Crippen LogP contribution in [0.1, 0.15) is 11.1 Å². The summed E-state index contributed by atoms with van der Waals surface area (Å²) in [4.78, 5) is 41.5. The van der Waals surface area contributed by atoms with E-state index in [0.29, 0.717) is 17.1 Å². The zero-order valence-corrected chi connectivity index (χ0v) is 16.4. The van der Waals surface area contributed by atoms with Gasteiger partial charge in [-0.2, -0.15) is 0 Å². The van der Waals surface area contributed by atoms with Gasteiger partial charge in [-0.05, 0) is 36.2 Å². The quantitative estimate of drug-likeness (QED) is 0.563. The van der Waals surface area contributed by atoms with E-state index in [-0.39, 0.29) is 6.54 Å². The van der Waals surface area contributed by atoms with Gasteiger partial charge in [-0.15, -0.1) is 0 Å². The second-order valence-corrected chi connectivity index (χ2v) is 7.43. The summed E-state index contributed by atoms with van der Waals surface area (Å²) in [5.41, 5.74) is 3.27. The molecule has 3 aromatic rings. The molecule has 1 unspecified atom stereocenters. The molecule has 0 aliphatic carbocycles. The summed E-state index contributed by atoms with van der Waals surface area (Å²) >= 11 is 5.96. The number of halogens is 1. The van der Waals surface area contributed by atoms with Crippen LogP contribution in [0, 0.1) is 6.92 Å². The number of amides is 4. The van der Waals surface area contributed by atoms with Crippen LogP contribution < -0.4 is 10.6 Å². The number of aryl methyl sites for hydroxylation is 1. The summed E-state index contributed by atoms with van der Waals surface area (Å²) in [7, 11) is 0. The van der Waals surface area contributed by atoms with Crippen LogP contribution in [0.2, 0.25) is 5.02 Å². The Balaban J connectivity index is 1.44. The second kappa shape index (κ2) is 7.60. The Morgan fingerprint density at radius 3 is 2.83 bits per heavy atom. The minimum Gasteiger partial charge on any atom is -0.361 e. The standard InChI is InChI=1S/C21H19ClN4O3/c1-12-6-7-14(22)9-17(12)24-19(27)11-26-20(28)18(25-21(26)29)8-13-10-23-16-5-3-2-4-15(13)16/h2-7,9-10,18,23H,8,11H2,1H3,(H,24,27)(H,25,29). The molecular formula is C21H19ClN4O3. The Kier molecular flexibility index (Phi) is 4.98. The molecule has 148 valence electrons. The maximum Gasteiger partial charge on any atom is 0.325 e. The Morgan fingerprint density at radius 2 is 2.00 bits per heavy atom. The van der Waals surface area contributed by atoms with E-state index in [0.717, 1.165) is 26.9 Å². The third kappa shape index (κ3) is 3.82. The Morgan fingerprint density at radius 1 is 1.21 bits per heavy atom. The highest BCUT2D eigenvalue weighted by Gasteiger charge is 2.39. The van der Waals surface area contributed by atoms with E-state index in [4.69, 9.17) is 11.6 Å². The fourth-order valence-electron chi connectivity index (χ4n) is 3.45. The van der Waals surface area contributed by atoms with Gasteiger partial charge in [-0.25, -0.2) is 4.79 Å². The fraction of sp³-hybridized carbons (Fsp3) is 0.190. The van der Waals surface area contributed by atoms with Gasteiger partial charge in [0.05, 0.1) is 0 Å². The molecule has 0 saturated carbocycles. The highest BCUT2D eigenvalue weighted by molar-refractivity contribution is 6.31. The van der Waals surface area contributed by atoms with E-state index in [1.165, 1.54) is 0 Å². The molecule has 8 heteroatoms. The van der Waals surface area contributed by atoms with E-state index < -0.39 is 23.9 Å². The topological polar surface area (TPSA) is 94.3 Å². The van der Waals surface area contributed by atoms with Crippen molar-refractivity contribution in [2.45, 2.75) is 19.4 Å². The van der Waals surface area contributed by atoms with Crippen molar-refractivity contribution in [3.63, 3.8) is 0 Å². The van der Waals surface area contributed by atoms with Gasteiger partial charge >= 0.3 is 6.03 Å². The summed E-state index contributed by atoms with van der Waals surface area (Å²) in [5.74, 6) is -0.884. The smallest absolute Gasteiger partial charge is 0.325 e. The summed E-state index contributed by atoms with van der Waals surface area (Å²) < 4.78 is 0. The average Bonchev–Trinajstić information content (AvgIpc) is 3.21. The number of anilines is 1. The first-order valence-electron chi connectivity index (χ1n) is 9.15. The monoisotopic (exact) mass is 410 g/mol. The number of fused-ring (bicyclic) bond motifs is 1. The number of hydrogen-bond acceptors (Lipinski definition) is 3. The third-order valence-electron chi connectivity index (χ3n) is 4.98. The van der Waals surface area contributed by atoms with Crippen molar-refractivity contribution in [3.05, 3.63) is 64.8 Å². The normalized spacial score (nSPS) is 16.3. The van der Waals surface area contributed by atoms with Gasteiger partial charge in [-0.1, -0.05) is 35.9 Å². The molecule has 1 aliphatic rings. The van der Waals surface area contributed by atoms with Crippen molar-refractivity contribution in [3.8, 4) is 0 Å². The number of imide groups is 1. The number of benzene rings is 2. The van der Waals surface area contributed by atoms with Gasteiger partial charge in [0.15, 0.2) is 0 Å². The maximum absolute atomic E-state index is 12.7.